The predicted molar refractivity (Wildman–Crippen MR) is 86.0 cm³/mol. The van der Waals surface area contributed by atoms with Crippen molar-refractivity contribution < 1.29 is 22.3 Å². The van der Waals surface area contributed by atoms with Crippen LogP contribution in [0, 0.1) is 5.82 Å². The summed E-state index contributed by atoms with van der Waals surface area (Å²) in [5.41, 5.74) is 0.195. The van der Waals surface area contributed by atoms with Gasteiger partial charge in [0.25, 0.3) is 10.0 Å². The van der Waals surface area contributed by atoms with Crippen molar-refractivity contribution in [3.8, 4) is 11.5 Å². The van der Waals surface area contributed by atoms with Crippen LogP contribution in [0.5, 0.6) is 11.5 Å². The maximum Gasteiger partial charge on any atom is 0.264 e. The zero-order valence-electron chi connectivity index (χ0n) is 12.9. The molecule has 2 aromatic rings. The van der Waals surface area contributed by atoms with Gasteiger partial charge in [-0.25, -0.2) is 12.8 Å². The normalized spacial score (nSPS) is 11.1. The number of sulfonamides is 1. The average molecular weight is 339 g/mol. The van der Waals surface area contributed by atoms with Crippen molar-refractivity contribution in [1.29, 1.82) is 0 Å². The van der Waals surface area contributed by atoms with Crippen molar-refractivity contribution in [2.24, 2.45) is 0 Å². The summed E-state index contributed by atoms with van der Waals surface area (Å²) < 4.78 is 51.7. The third kappa shape index (κ3) is 4.13. The van der Waals surface area contributed by atoms with Crippen LogP contribution in [0.15, 0.2) is 47.4 Å². The summed E-state index contributed by atoms with van der Waals surface area (Å²) in [6.45, 7) is 4.40. The second-order valence-corrected chi connectivity index (χ2v) is 6.21. The van der Waals surface area contributed by atoms with Crippen LogP contribution in [-0.2, 0) is 10.0 Å². The summed E-state index contributed by atoms with van der Waals surface area (Å²) in [7, 11) is -4.08. The molecule has 5 nitrogen and oxygen atoms in total. The Morgan fingerprint density at radius 3 is 2.39 bits per heavy atom. The Balaban J connectivity index is 2.40. The van der Waals surface area contributed by atoms with E-state index in [1.165, 1.54) is 24.3 Å². The molecule has 0 aliphatic heterocycles. The molecule has 0 fully saturated rings. The lowest BCUT2D eigenvalue weighted by molar-refractivity contribution is 0.332. The first-order valence-electron chi connectivity index (χ1n) is 7.15. The highest BCUT2D eigenvalue weighted by Gasteiger charge is 2.20. The molecule has 0 aliphatic rings. The lowest BCUT2D eigenvalue weighted by atomic mass is 10.3. The van der Waals surface area contributed by atoms with Crippen LogP contribution < -0.4 is 14.2 Å². The van der Waals surface area contributed by atoms with Gasteiger partial charge in [-0.2, -0.15) is 0 Å². The lowest BCUT2D eigenvalue weighted by Crippen LogP contribution is -2.15. The van der Waals surface area contributed by atoms with Crippen LogP contribution >= 0.6 is 0 Å². The van der Waals surface area contributed by atoms with E-state index in [-0.39, 0.29) is 5.69 Å². The third-order valence-corrected chi connectivity index (χ3v) is 4.33. The minimum atomic E-state index is -4.08. The van der Waals surface area contributed by atoms with Gasteiger partial charge in [0.05, 0.1) is 18.9 Å². The fourth-order valence-electron chi connectivity index (χ4n) is 1.99. The molecule has 0 spiro atoms. The molecule has 2 rings (SSSR count). The molecule has 7 heteroatoms. The fourth-order valence-corrected chi connectivity index (χ4v) is 3.13. The van der Waals surface area contributed by atoms with Crippen LogP contribution in [0.25, 0.3) is 0 Å². The standard InChI is InChI=1S/C16H18FNO4S/c1-3-21-12-9-10-15(22-4-2)14(11-12)18-23(19,20)16-8-6-5-7-13(16)17/h5-11,18H,3-4H2,1-2H3. The van der Waals surface area contributed by atoms with Gasteiger partial charge in [0.2, 0.25) is 0 Å². The SMILES string of the molecule is CCOc1ccc(OCC)c(NS(=O)(=O)c2ccccc2F)c1. The van der Waals surface area contributed by atoms with E-state index in [1.807, 2.05) is 6.92 Å². The van der Waals surface area contributed by atoms with Gasteiger partial charge in [-0.3, -0.25) is 4.72 Å². The van der Waals surface area contributed by atoms with Crippen molar-refractivity contribution >= 4 is 15.7 Å². The summed E-state index contributed by atoms with van der Waals surface area (Å²) in [6.07, 6.45) is 0. The predicted octanol–water partition coefficient (Wildman–Crippen LogP) is 3.42. The molecule has 124 valence electrons. The van der Waals surface area contributed by atoms with Crippen molar-refractivity contribution in [3.63, 3.8) is 0 Å². The summed E-state index contributed by atoms with van der Waals surface area (Å²) in [6, 6.07) is 9.96. The molecule has 0 bridgehead atoms. The van der Waals surface area contributed by atoms with E-state index in [2.05, 4.69) is 4.72 Å². The molecule has 0 heterocycles. The number of benzene rings is 2. The largest absolute Gasteiger partial charge is 0.494 e. The zero-order valence-corrected chi connectivity index (χ0v) is 13.7. The zero-order chi connectivity index (χ0) is 16.9. The highest BCUT2D eigenvalue weighted by molar-refractivity contribution is 7.92. The molecule has 0 saturated heterocycles. The Bertz CT molecular complexity index is 777. The molecule has 0 radical (unpaired) electrons. The van der Waals surface area contributed by atoms with Gasteiger partial charge in [0, 0.05) is 6.07 Å². The average Bonchev–Trinajstić information content (AvgIpc) is 2.50. The van der Waals surface area contributed by atoms with E-state index in [0.717, 1.165) is 6.07 Å². The number of nitrogens with one attached hydrogen (secondary N) is 1. The molecule has 0 amide bonds. The van der Waals surface area contributed by atoms with Crippen LogP contribution in [0.1, 0.15) is 13.8 Å². The molecule has 1 N–H and O–H groups in total. The van der Waals surface area contributed by atoms with E-state index < -0.39 is 20.7 Å². The van der Waals surface area contributed by atoms with Crippen LogP contribution in [-0.4, -0.2) is 21.6 Å². The Labute approximate surface area is 135 Å². The topological polar surface area (TPSA) is 64.6 Å². The number of halogens is 1. The number of hydrogen-bond acceptors (Lipinski definition) is 4. The van der Waals surface area contributed by atoms with E-state index in [9.17, 15) is 12.8 Å². The summed E-state index contributed by atoms with van der Waals surface area (Å²) >= 11 is 0. The lowest BCUT2D eigenvalue weighted by Gasteiger charge is -2.14. The molecule has 0 unspecified atom stereocenters. The molecular formula is C16H18FNO4S. The van der Waals surface area contributed by atoms with Gasteiger partial charge >= 0.3 is 0 Å². The van der Waals surface area contributed by atoms with Gasteiger partial charge in [0.1, 0.15) is 22.2 Å². The summed E-state index contributed by atoms with van der Waals surface area (Å²) in [5, 5.41) is 0. The molecular weight excluding hydrogens is 321 g/mol. The van der Waals surface area contributed by atoms with Gasteiger partial charge in [0.15, 0.2) is 0 Å². The van der Waals surface area contributed by atoms with Crippen molar-refractivity contribution in [3.05, 3.63) is 48.3 Å². The van der Waals surface area contributed by atoms with Crippen molar-refractivity contribution in [1.82, 2.24) is 0 Å². The molecule has 2 aromatic carbocycles. The molecule has 0 aromatic heterocycles. The summed E-state index contributed by atoms with van der Waals surface area (Å²) in [5.74, 6) is 0.0111. The van der Waals surface area contributed by atoms with E-state index >= 15 is 0 Å². The maximum absolute atomic E-state index is 13.8. The smallest absolute Gasteiger partial charge is 0.264 e. The first kappa shape index (κ1) is 17.1. The first-order chi connectivity index (χ1) is 11.0. The molecule has 0 saturated carbocycles. The second-order valence-electron chi connectivity index (χ2n) is 4.56. The quantitative estimate of drug-likeness (QED) is 0.839. The number of hydrogen-bond donors (Lipinski definition) is 1. The van der Waals surface area contributed by atoms with Crippen molar-refractivity contribution in [2.45, 2.75) is 18.7 Å². The Hall–Kier alpha value is -2.28. The number of ether oxygens (including phenoxy) is 2. The minimum absolute atomic E-state index is 0.195. The van der Waals surface area contributed by atoms with Gasteiger partial charge in [-0.15, -0.1) is 0 Å². The molecule has 0 aliphatic carbocycles. The Morgan fingerprint density at radius 1 is 1.04 bits per heavy atom. The highest BCUT2D eigenvalue weighted by Crippen LogP contribution is 2.31. The molecule has 23 heavy (non-hydrogen) atoms. The fraction of sp³-hybridized carbons (Fsp3) is 0.250. The van der Waals surface area contributed by atoms with Gasteiger partial charge in [-0.1, -0.05) is 12.1 Å². The number of rotatable bonds is 7. The first-order valence-corrected chi connectivity index (χ1v) is 8.63. The number of anilines is 1. The molecule has 0 atom stereocenters. The van der Waals surface area contributed by atoms with Crippen molar-refractivity contribution in [2.75, 3.05) is 17.9 Å². The van der Waals surface area contributed by atoms with E-state index in [1.54, 1.807) is 19.1 Å². The summed E-state index contributed by atoms with van der Waals surface area (Å²) in [4.78, 5) is -0.427. The Kier molecular flexibility index (Phi) is 5.44. The van der Waals surface area contributed by atoms with Gasteiger partial charge < -0.3 is 9.47 Å². The van der Waals surface area contributed by atoms with Crippen LogP contribution in [0.3, 0.4) is 0 Å². The van der Waals surface area contributed by atoms with E-state index in [0.29, 0.717) is 24.7 Å². The van der Waals surface area contributed by atoms with Crippen LogP contribution in [0.4, 0.5) is 10.1 Å². The second kappa shape index (κ2) is 7.32. The van der Waals surface area contributed by atoms with Gasteiger partial charge in [-0.05, 0) is 38.1 Å². The van der Waals surface area contributed by atoms with Crippen LogP contribution in [0.2, 0.25) is 0 Å². The highest BCUT2D eigenvalue weighted by atomic mass is 32.2. The monoisotopic (exact) mass is 339 g/mol. The maximum atomic E-state index is 13.8. The van der Waals surface area contributed by atoms with E-state index in [4.69, 9.17) is 9.47 Å². The third-order valence-electron chi connectivity index (χ3n) is 2.93. The Morgan fingerprint density at radius 2 is 1.74 bits per heavy atom. The minimum Gasteiger partial charge on any atom is -0.494 e.